The molecule has 28 heavy (non-hydrogen) atoms. The van der Waals surface area contributed by atoms with Gasteiger partial charge in [0.1, 0.15) is 6.07 Å². The molecule has 0 aliphatic rings. The van der Waals surface area contributed by atoms with E-state index in [0.29, 0.717) is 0 Å². The van der Waals surface area contributed by atoms with Gasteiger partial charge >= 0.3 is 18.5 Å². The molecule has 0 saturated heterocycles. The second kappa shape index (κ2) is 9.04. The van der Waals surface area contributed by atoms with Gasteiger partial charge in [-0.05, 0) is 17.7 Å². The molecule has 0 amide bonds. The van der Waals surface area contributed by atoms with E-state index in [1.165, 1.54) is 0 Å². The van der Waals surface area contributed by atoms with E-state index in [-0.39, 0.29) is 16.6 Å². The summed E-state index contributed by atoms with van der Waals surface area (Å²) in [5.41, 5.74) is -6.80. The molecule has 3 nitrogen and oxygen atoms in total. The van der Waals surface area contributed by atoms with Crippen LogP contribution in [0.5, 0.6) is 0 Å². The highest BCUT2D eigenvalue weighted by Gasteiger charge is 2.44. The number of ether oxygens (including phenoxy) is 1. The summed E-state index contributed by atoms with van der Waals surface area (Å²) in [6.45, 7) is -0.396. The zero-order chi connectivity index (χ0) is 21.9. The fourth-order valence-corrected chi connectivity index (χ4v) is 2.50. The fraction of sp³-hybridized carbons (Fsp3) is 0.533. The number of nitriles is 1. The molecule has 2 atom stereocenters. The molecule has 1 N–H and O–H groups in total. The Morgan fingerprint density at radius 3 is 1.79 bits per heavy atom. The molecular formula is C15H11F9INO2. The van der Waals surface area contributed by atoms with E-state index in [2.05, 4.69) is 4.74 Å². The average molecular weight is 535 g/mol. The van der Waals surface area contributed by atoms with Gasteiger partial charge in [-0.2, -0.15) is 44.8 Å². The molecule has 0 heterocycles. The van der Waals surface area contributed by atoms with Crippen LogP contribution in [0.2, 0.25) is 0 Å². The van der Waals surface area contributed by atoms with Crippen LogP contribution in [0.1, 0.15) is 34.8 Å². The average Bonchev–Trinajstić information content (AvgIpc) is 2.54. The number of aliphatic hydroxyl groups is 1. The van der Waals surface area contributed by atoms with E-state index >= 15 is 0 Å². The summed E-state index contributed by atoms with van der Waals surface area (Å²) in [5, 5.41) is 18.6. The molecule has 1 rings (SSSR count). The van der Waals surface area contributed by atoms with Crippen molar-refractivity contribution in [2.45, 2.75) is 37.2 Å². The van der Waals surface area contributed by atoms with Crippen molar-refractivity contribution in [3.63, 3.8) is 0 Å². The second-order valence-electron chi connectivity index (χ2n) is 5.44. The van der Waals surface area contributed by atoms with Crippen LogP contribution in [0.3, 0.4) is 0 Å². The Morgan fingerprint density at radius 2 is 1.46 bits per heavy atom. The lowest BCUT2D eigenvalue weighted by atomic mass is 9.93. The summed E-state index contributed by atoms with van der Waals surface area (Å²) in [5.74, 6) is 0. The van der Waals surface area contributed by atoms with Crippen LogP contribution < -0.4 is 0 Å². The van der Waals surface area contributed by atoms with Crippen molar-refractivity contribution in [1.82, 2.24) is 0 Å². The van der Waals surface area contributed by atoms with Gasteiger partial charge in [-0.15, -0.1) is 0 Å². The maximum atomic E-state index is 13.1. The number of rotatable bonds is 6. The molecule has 0 bridgehead atoms. The molecule has 1 aromatic carbocycles. The van der Waals surface area contributed by atoms with Gasteiger partial charge in [0.25, 0.3) is 0 Å². The summed E-state index contributed by atoms with van der Waals surface area (Å²) in [6.07, 6.45) is -22.1. The number of hydrogen-bond acceptors (Lipinski definition) is 3. The molecule has 13 heteroatoms. The normalized spacial score (nSPS) is 15.2. The first-order valence-corrected chi connectivity index (χ1v) is 8.80. The van der Waals surface area contributed by atoms with Crippen molar-refractivity contribution >= 4 is 22.6 Å². The summed E-state index contributed by atoms with van der Waals surface area (Å²) in [7, 11) is 0. The first-order valence-electron chi connectivity index (χ1n) is 7.27. The second-order valence-corrected chi connectivity index (χ2v) is 6.52. The number of benzene rings is 1. The van der Waals surface area contributed by atoms with Crippen molar-refractivity contribution < 1.29 is 49.4 Å². The Bertz CT molecular complexity index is 687. The Hall–Kier alpha value is -1.27. The Morgan fingerprint density at radius 1 is 1.00 bits per heavy atom. The van der Waals surface area contributed by atoms with Gasteiger partial charge in [0.2, 0.25) is 0 Å². The van der Waals surface area contributed by atoms with Crippen molar-refractivity contribution in [1.29, 1.82) is 5.26 Å². The van der Waals surface area contributed by atoms with Crippen LogP contribution in [0.4, 0.5) is 39.5 Å². The van der Waals surface area contributed by atoms with Gasteiger partial charge in [-0.3, -0.25) is 0 Å². The number of hydrogen-bond donors (Lipinski definition) is 1. The third-order valence-electron chi connectivity index (χ3n) is 3.47. The van der Waals surface area contributed by atoms with Gasteiger partial charge in [0.05, 0.1) is 29.4 Å². The van der Waals surface area contributed by atoms with Crippen molar-refractivity contribution in [3.8, 4) is 6.07 Å². The third kappa shape index (κ3) is 6.38. The van der Waals surface area contributed by atoms with E-state index in [1.807, 2.05) is 0 Å². The van der Waals surface area contributed by atoms with Gasteiger partial charge in [0, 0.05) is 10.8 Å². The van der Waals surface area contributed by atoms with E-state index in [0.717, 1.165) is 6.07 Å². The zero-order valence-corrected chi connectivity index (χ0v) is 15.7. The summed E-state index contributed by atoms with van der Waals surface area (Å²) >= 11 is 1.69. The Balaban J connectivity index is 3.45. The topological polar surface area (TPSA) is 53.2 Å². The lowest BCUT2D eigenvalue weighted by molar-refractivity contribution is -0.226. The minimum atomic E-state index is -5.40. The molecule has 0 aliphatic heterocycles. The van der Waals surface area contributed by atoms with E-state index in [9.17, 15) is 44.6 Å². The predicted octanol–water partition coefficient (Wildman–Crippen LogP) is 5.40. The molecule has 1 aromatic rings. The highest BCUT2D eigenvalue weighted by atomic mass is 127. The van der Waals surface area contributed by atoms with Gasteiger partial charge in [0.15, 0.2) is 6.10 Å². The van der Waals surface area contributed by atoms with Crippen LogP contribution in [-0.2, 0) is 17.1 Å². The molecule has 0 aliphatic carbocycles. The van der Waals surface area contributed by atoms with Crippen molar-refractivity contribution in [2.75, 3.05) is 11.0 Å². The molecule has 0 spiro atoms. The lowest BCUT2D eigenvalue weighted by Gasteiger charge is -2.24. The highest BCUT2D eigenvalue weighted by Crippen LogP contribution is 2.42. The molecule has 2 unspecified atom stereocenters. The summed E-state index contributed by atoms with van der Waals surface area (Å²) in [4.78, 5) is 0. The van der Waals surface area contributed by atoms with Gasteiger partial charge in [-0.25, -0.2) is 0 Å². The standard InChI is InChI=1S/C15H11F9INO2/c16-13(17,18)9-3-7(4-10(8(9)6-26)14(19,20)21)11(27)5-12(15(22,23)24)28-2-1-25/h3-4,11-12,27H,1-2,5H2. The Labute approximate surface area is 166 Å². The maximum absolute atomic E-state index is 13.1. The first kappa shape index (κ1) is 24.8. The minimum absolute atomic E-state index is 0.0320. The van der Waals surface area contributed by atoms with E-state index in [4.69, 9.17) is 5.26 Å². The van der Waals surface area contributed by atoms with E-state index in [1.54, 1.807) is 22.6 Å². The van der Waals surface area contributed by atoms with Gasteiger partial charge < -0.3 is 9.84 Å². The SMILES string of the molecule is N#Cc1c(C(F)(F)F)cc(C(O)CC(OCCI)C(F)(F)F)cc1C(F)(F)F. The van der Waals surface area contributed by atoms with E-state index < -0.39 is 66.0 Å². The monoisotopic (exact) mass is 535 g/mol. The number of alkyl halides is 10. The van der Waals surface area contributed by atoms with Crippen molar-refractivity contribution in [3.05, 3.63) is 34.4 Å². The van der Waals surface area contributed by atoms with Crippen LogP contribution in [0, 0.1) is 11.3 Å². The maximum Gasteiger partial charge on any atom is 0.417 e. The largest absolute Gasteiger partial charge is 0.417 e. The van der Waals surface area contributed by atoms with Gasteiger partial charge in [-0.1, -0.05) is 22.6 Å². The summed E-state index contributed by atoms with van der Waals surface area (Å²) < 4.78 is 122. The molecule has 0 radical (unpaired) electrons. The fourth-order valence-electron chi connectivity index (χ4n) is 2.25. The lowest BCUT2D eigenvalue weighted by Crippen LogP contribution is -2.34. The molecule has 0 fully saturated rings. The zero-order valence-electron chi connectivity index (χ0n) is 13.5. The number of aliphatic hydroxyl groups excluding tert-OH is 1. The number of halogens is 10. The molecule has 0 saturated carbocycles. The van der Waals surface area contributed by atoms with Crippen LogP contribution in [0.15, 0.2) is 12.1 Å². The van der Waals surface area contributed by atoms with Crippen LogP contribution in [0.25, 0.3) is 0 Å². The quantitative estimate of drug-likeness (QED) is 0.302. The smallest absolute Gasteiger partial charge is 0.388 e. The van der Waals surface area contributed by atoms with Crippen LogP contribution in [-0.4, -0.2) is 28.4 Å². The Kier molecular flexibility index (Phi) is 7.99. The van der Waals surface area contributed by atoms with Crippen molar-refractivity contribution in [2.24, 2.45) is 0 Å². The predicted molar refractivity (Wildman–Crippen MR) is 85.4 cm³/mol. The molecule has 0 aromatic heterocycles. The summed E-state index contributed by atoms with van der Waals surface area (Å²) in [6, 6.07) is 0.873. The molecular weight excluding hydrogens is 524 g/mol. The highest BCUT2D eigenvalue weighted by molar-refractivity contribution is 14.1. The third-order valence-corrected chi connectivity index (χ3v) is 3.91. The minimum Gasteiger partial charge on any atom is -0.388 e. The van der Waals surface area contributed by atoms with Crippen LogP contribution >= 0.6 is 22.6 Å². The number of nitrogens with zero attached hydrogens (tertiary/aromatic N) is 1. The first-order chi connectivity index (χ1) is 12.6. The molecule has 158 valence electrons.